The van der Waals surface area contributed by atoms with Gasteiger partial charge in [-0.25, -0.2) is 0 Å². The zero-order valence-corrected chi connectivity index (χ0v) is 8.84. The van der Waals surface area contributed by atoms with E-state index in [4.69, 9.17) is 0 Å². The van der Waals surface area contributed by atoms with Crippen LogP contribution in [-0.2, 0) is 0 Å². The minimum Gasteiger partial charge on any atom is -0.304 e. The number of piperazine rings is 1. The molecule has 13 heavy (non-hydrogen) atoms. The van der Waals surface area contributed by atoms with Crippen LogP contribution in [0.3, 0.4) is 0 Å². The molecule has 0 N–H and O–H groups in total. The second-order valence-electron chi connectivity index (χ2n) is 3.68. The van der Waals surface area contributed by atoms with E-state index < -0.39 is 0 Å². The summed E-state index contributed by atoms with van der Waals surface area (Å²) in [6.07, 6.45) is 2.23. The van der Waals surface area contributed by atoms with Crippen molar-refractivity contribution in [3.8, 4) is 11.8 Å². The van der Waals surface area contributed by atoms with Gasteiger partial charge in [0.15, 0.2) is 0 Å². The van der Waals surface area contributed by atoms with Crippen molar-refractivity contribution in [3.05, 3.63) is 0 Å². The van der Waals surface area contributed by atoms with E-state index in [9.17, 15) is 0 Å². The van der Waals surface area contributed by atoms with Crippen LogP contribution in [0.2, 0.25) is 0 Å². The standard InChI is InChI=1S/C11H20N2/c1-3-4-5-6-7-13-10-8-12(2)9-11-13/h3-4,7-11H2,1-2H3. The smallest absolute Gasteiger partial charge is 0.0602 e. The molecule has 1 fully saturated rings. The molecule has 74 valence electrons. The molecule has 0 atom stereocenters. The lowest BCUT2D eigenvalue weighted by Gasteiger charge is -2.30. The van der Waals surface area contributed by atoms with Crippen LogP contribution in [0.5, 0.6) is 0 Å². The van der Waals surface area contributed by atoms with Gasteiger partial charge in [0, 0.05) is 32.6 Å². The summed E-state index contributed by atoms with van der Waals surface area (Å²) in [5.74, 6) is 6.42. The maximum Gasteiger partial charge on any atom is 0.0602 e. The predicted molar refractivity (Wildman–Crippen MR) is 56.6 cm³/mol. The highest BCUT2D eigenvalue weighted by molar-refractivity contribution is 5.01. The van der Waals surface area contributed by atoms with Crippen molar-refractivity contribution in [1.82, 2.24) is 9.80 Å². The van der Waals surface area contributed by atoms with Crippen LogP contribution in [0, 0.1) is 11.8 Å². The Morgan fingerprint density at radius 3 is 2.38 bits per heavy atom. The van der Waals surface area contributed by atoms with Gasteiger partial charge in [-0.2, -0.15) is 0 Å². The second kappa shape index (κ2) is 6.01. The van der Waals surface area contributed by atoms with Gasteiger partial charge in [0.05, 0.1) is 6.54 Å². The number of likely N-dealkylation sites (N-methyl/N-ethyl adjacent to an activating group) is 1. The summed E-state index contributed by atoms with van der Waals surface area (Å²) in [7, 11) is 2.18. The van der Waals surface area contributed by atoms with Crippen molar-refractivity contribution in [2.75, 3.05) is 39.8 Å². The van der Waals surface area contributed by atoms with Gasteiger partial charge in [0.1, 0.15) is 0 Å². The summed E-state index contributed by atoms with van der Waals surface area (Å²) in [6, 6.07) is 0. The van der Waals surface area contributed by atoms with Crippen LogP contribution in [0.4, 0.5) is 0 Å². The first-order valence-electron chi connectivity index (χ1n) is 5.19. The van der Waals surface area contributed by atoms with Crippen molar-refractivity contribution in [2.24, 2.45) is 0 Å². The molecule has 0 amide bonds. The molecule has 0 saturated carbocycles. The van der Waals surface area contributed by atoms with Crippen molar-refractivity contribution in [1.29, 1.82) is 0 Å². The van der Waals surface area contributed by atoms with Crippen LogP contribution < -0.4 is 0 Å². The minimum atomic E-state index is 0.966. The molecule has 1 saturated heterocycles. The lowest BCUT2D eigenvalue weighted by Crippen LogP contribution is -2.44. The Balaban J connectivity index is 2.13. The Hall–Kier alpha value is -0.520. The molecular formula is C11H20N2. The fraction of sp³-hybridized carbons (Fsp3) is 0.818. The zero-order valence-electron chi connectivity index (χ0n) is 8.84. The molecule has 0 aromatic heterocycles. The Morgan fingerprint density at radius 1 is 1.08 bits per heavy atom. The van der Waals surface area contributed by atoms with Crippen molar-refractivity contribution >= 4 is 0 Å². The number of rotatable bonds is 2. The summed E-state index contributed by atoms with van der Waals surface area (Å²) in [4.78, 5) is 4.80. The normalized spacial score (nSPS) is 19.5. The van der Waals surface area contributed by atoms with Crippen LogP contribution in [-0.4, -0.2) is 49.6 Å². The number of hydrogen-bond acceptors (Lipinski definition) is 2. The predicted octanol–water partition coefficient (Wildman–Crippen LogP) is 1.04. The van der Waals surface area contributed by atoms with Gasteiger partial charge in [0.2, 0.25) is 0 Å². The highest BCUT2D eigenvalue weighted by Gasteiger charge is 2.11. The molecule has 0 aliphatic carbocycles. The van der Waals surface area contributed by atoms with Gasteiger partial charge in [0.25, 0.3) is 0 Å². The average molecular weight is 180 g/mol. The zero-order chi connectivity index (χ0) is 9.52. The molecule has 2 heteroatoms. The Kier molecular flexibility index (Phi) is 4.88. The summed E-state index contributed by atoms with van der Waals surface area (Å²) < 4.78 is 0. The first kappa shape index (κ1) is 10.6. The van der Waals surface area contributed by atoms with E-state index in [1.807, 2.05) is 0 Å². The summed E-state index contributed by atoms with van der Waals surface area (Å²) >= 11 is 0. The Labute approximate surface area is 81.9 Å². The number of nitrogens with zero attached hydrogens (tertiary/aromatic N) is 2. The third-order valence-corrected chi connectivity index (χ3v) is 2.40. The Bertz CT molecular complexity index is 182. The lowest BCUT2D eigenvalue weighted by molar-refractivity contribution is 0.168. The van der Waals surface area contributed by atoms with E-state index in [1.165, 1.54) is 32.6 Å². The van der Waals surface area contributed by atoms with Crippen molar-refractivity contribution in [2.45, 2.75) is 19.8 Å². The van der Waals surface area contributed by atoms with Crippen LogP contribution in [0.1, 0.15) is 19.8 Å². The first-order chi connectivity index (χ1) is 6.33. The third kappa shape index (κ3) is 4.31. The molecule has 2 nitrogen and oxygen atoms in total. The highest BCUT2D eigenvalue weighted by atomic mass is 15.2. The monoisotopic (exact) mass is 180 g/mol. The van der Waals surface area contributed by atoms with Crippen LogP contribution in [0.25, 0.3) is 0 Å². The molecule has 0 unspecified atom stereocenters. The molecule has 0 radical (unpaired) electrons. The van der Waals surface area contributed by atoms with E-state index in [2.05, 4.69) is 35.6 Å². The van der Waals surface area contributed by atoms with E-state index in [1.54, 1.807) is 0 Å². The second-order valence-corrected chi connectivity index (χ2v) is 3.68. The summed E-state index contributed by atoms with van der Waals surface area (Å²) in [5, 5.41) is 0. The number of hydrogen-bond donors (Lipinski definition) is 0. The molecule has 1 aliphatic heterocycles. The fourth-order valence-electron chi connectivity index (χ4n) is 1.39. The van der Waals surface area contributed by atoms with E-state index in [-0.39, 0.29) is 0 Å². The SMILES string of the molecule is CCCC#CCN1CCN(C)CC1. The van der Waals surface area contributed by atoms with Crippen LogP contribution >= 0.6 is 0 Å². The molecule has 0 aromatic rings. The maximum absolute atomic E-state index is 3.23. The molecule has 0 bridgehead atoms. The molecule has 1 heterocycles. The van der Waals surface area contributed by atoms with Crippen LogP contribution in [0.15, 0.2) is 0 Å². The molecular weight excluding hydrogens is 160 g/mol. The fourth-order valence-corrected chi connectivity index (χ4v) is 1.39. The first-order valence-corrected chi connectivity index (χ1v) is 5.19. The quantitative estimate of drug-likeness (QED) is 0.586. The minimum absolute atomic E-state index is 0.966. The molecule has 0 spiro atoms. The van der Waals surface area contributed by atoms with E-state index in [0.717, 1.165) is 13.0 Å². The van der Waals surface area contributed by atoms with Gasteiger partial charge in [-0.1, -0.05) is 12.8 Å². The van der Waals surface area contributed by atoms with Gasteiger partial charge in [-0.05, 0) is 13.5 Å². The number of unbranched alkanes of at least 4 members (excludes halogenated alkanes) is 1. The van der Waals surface area contributed by atoms with E-state index in [0.29, 0.717) is 0 Å². The highest BCUT2D eigenvalue weighted by Crippen LogP contribution is 1.97. The molecule has 0 aromatic carbocycles. The topological polar surface area (TPSA) is 6.48 Å². The van der Waals surface area contributed by atoms with Crippen molar-refractivity contribution in [3.63, 3.8) is 0 Å². The van der Waals surface area contributed by atoms with Gasteiger partial charge in [-0.3, -0.25) is 4.90 Å². The molecule has 1 aliphatic rings. The summed E-state index contributed by atoms with van der Waals surface area (Å²) in [6.45, 7) is 7.87. The van der Waals surface area contributed by atoms with E-state index >= 15 is 0 Å². The maximum atomic E-state index is 3.23. The Morgan fingerprint density at radius 2 is 1.77 bits per heavy atom. The van der Waals surface area contributed by atoms with Gasteiger partial charge < -0.3 is 4.90 Å². The molecule has 1 rings (SSSR count). The van der Waals surface area contributed by atoms with Gasteiger partial charge in [-0.15, -0.1) is 5.92 Å². The van der Waals surface area contributed by atoms with Gasteiger partial charge >= 0.3 is 0 Å². The largest absolute Gasteiger partial charge is 0.304 e. The third-order valence-electron chi connectivity index (χ3n) is 2.40. The summed E-state index contributed by atoms with van der Waals surface area (Å²) in [5.41, 5.74) is 0. The lowest BCUT2D eigenvalue weighted by atomic mass is 10.3. The van der Waals surface area contributed by atoms with Crippen molar-refractivity contribution < 1.29 is 0 Å². The average Bonchev–Trinajstić information content (AvgIpc) is 2.15.